The first-order chi connectivity index (χ1) is 13.7. The first-order valence-corrected chi connectivity index (χ1v) is 9.65. The van der Waals surface area contributed by atoms with Gasteiger partial charge in [-0.1, -0.05) is 72.4 Å². The quantitative estimate of drug-likeness (QED) is 0.492. The molecule has 0 spiro atoms. The lowest BCUT2D eigenvalue weighted by atomic mass is 10.1. The zero-order valence-corrected chi connectivity index (χ0v) is 16.0. The van der Waals surface area contributed by atoms with Crippen LogP contribution < -0.4 is 5.73 Å². The van der Waals surface area contributed by atoms with Crippen molar-refractivity contribution in [2.45, 2.75) is 18.2 Å². The number of nitrogens with two attached hydrogens (primary N) is 1. The summed E-state index contributed by atoms with van der Waals surface area (Å²) in [4.78, 5) is 22.9. The van der Waals surface area contributed by atoms with Crippen LogP contribution in [-0.4, -0.2) is 26.5 Å². The maximum Gasteiger partial charge on any atom is 0.233 e. The van der Waals surface area contributed by atoms with E-state index in [-0.39, 0.29) is 23.0 Å². The third kappa shape index (κ3) is 5.32. The normalized spacial score (nSPS) is 10.2. The van der Waals surface area contributed by atoms with E-state index in [2.05, 4.69) is 9.97 Å². The Morgan fingerprint density at radius 1 is 1.04 bits per heavy atom. The van der Waals surface area contributed by atoms with E-state index >= 15 is 0 Å². The number of nitrogens with zero attached hydrogens (tertiary/aromatic N) is 4. The van der Waals surface area contributed by atoms with Crippen LogP contribution in [0.4, 0.5) is 5.82 Å². The molecule has 0 radical (unpaired) electrons. The molecule has 3 aromatic rings. The average Bonchev–Trinajstić information content (AvgIpc) is 2.73. The minimum atomic E-state index is -0.0239. The molecule has 0 unspecified atom stereocenters. The molecule has 2 aromatic carbocycles. The number of carbonyl (C=O) groups is 1. The fourth-order valence-corrected chi connectivity index (χ4v) is 3.32. The highest BCUT2D eigenvalue weighted by atomic mass is 32.2. The lowest BCUT2D eigenvalue weighted by Crippen LogP contribution is -2.31. The van der Waals surface area contributed by atoms with Crippen molar-refractivity contribution in [1.82, 2.24) is 14.9 Å². The molecule has 1 heterocycles. The van der Waals surface area contributed by atoms with Crippen molar-refractivity contribution in [2.24, 2.45) is 0 Å². The van der Waals surface area contributed by atoms with Gasteiger partial charge in [0, 0.05) is 13.1 Å². The van der Waals surface area contributed by atoms with E-state index in [1.165, 1.54) is 18.0 Å². The van der Waals surface area contributed by atoms with E-state index in [9.17, 15) is 4.79 Å². The van der Waals surface area contributed by atoms with Crippen molar-refractivity contribution in [3.05, 3.63) is 83.6 Å². The van der Waals surface area contributed by atoms with Gasteiger partial charge in [-0.2, -0.15) is 5.26 Å². The van der Waals surface area contributed by atoms with Crippen LogP contribution >= 0.6 is 11.8 Å². The number of carbonyl (C=O) groups excluding carboxylic acids is 1. The summed E-state index contributed by atoms with van der Waals surface area (Å²) in [6, 6.07) is 21.7. The predicted octanol–water partition coefficient (Wildman–Crippen LogP) is 3.25. The summed E-state index contributed by atoms with van der Waals surface area (Å²) < 4.78 is 0. The summed E-state index contributed by atoms with van der Waals surface area (Å²) in [7, 11) is 0. The van der Waals surface area contributed by atoms with Gasteiger partial charge >= 0.3 is 0 Å². The minimum absolute atomic E-state index is 0.0239. The Kier molecular flexibility index (Phi) is 6.60. The highest BCUT2D eigenvalue weighted by Crippen LogP contribution is 2.18. The van der Waals surface area contributed by atoms with Gasteiger partial charge < -0.3 is 10.6 Å². The molecule has 0 bridgehead atoms. The Labute approximate surface area is 168 Å². The zero-order chi connectivity index (χ0) is 19.8. The van der Waals surface area contributed by atoms with E-state index in [0.717, 1.165) is 11.1 Å². The van der Waals surface area contributed by atoms with Gasteiger partial charge in [0.05, 0.1) is 11.9 Å². The Balaban J connectivity index is 1.70. The predicted molar refractivity (Wildman–Crippen MR) is 109 cm³/mol. The molecule has 0 aliphatic rings. The molecule has 0 aliphatic heterocycles. The van der Waals surface area contributed by atoms with Crippen LogP contribution in [0.5, 0.6) is 0 Å². The third-order valence-corrected chi connectivity index (χ3v) is 4.87. The molecule has 140 valence electrons. The summed E-state index contributed by atoms with van der Waals surface area (Å²) in [5.74, 6) is 0.285. The van der Waals surface area contributed by atoms with Gasteiger partial charge in [0.2, 0.25) is 5.91 Å². The summed E-state index contributed by atoms with van der Waals surface area (Å²) >= 11 is 1.21. The Bertz CT molecular complexity index is 932. The molecular weight excluding hydrogens is 370 g/mol. The number of hydrogen-bond acceptors (Lipinski definition) is 6. The average molecular weight is 389 g/mol. The van der Waals surface area contributed by atoms with Crippen molar-refractivity contribution >= 4 is 23.5 Å². The Morgan fingerprint density at radius 2 is 1.61 bits per heavy atom. The van der Waals surface area contributed by atoms with Gasteiger partial charge in [0.15, 0.2) is 5.16 Å². The number of nitrogen functional groups attached to an aromatic ring is 1. The molecule has 1 aromatic heterocycles. The van der Waals surface area contributed by atoms with Crippen molar-refractivity contribution < 1.29 is 4.79 Å². The van der Waals surface area contributed by atoms with Crippen LogP contribution in [0, 0.1) is 11.3 Å². The number of amides is 1. The van der Waals surface area contributed by atoms with Crippen LogP contribution in [0.25, 0.3) is 0 Å². The standard InChI is InChI=1S/C21H19N5OS/c22-11-18-12-24-21(25-20(18)23)28-15-19(27)26(13-16-7-3-1-4-8-16)14-17-9-5-2-6-10-17/h1-10,12H,13-15H2,(H2,23,24,25). The van der Waals surface area contributed by atoms with Gasteiger partial charge in [-0.05, 0) is 11.1 Å². The topological polar surface area (TPSA) is 95.9 Å². The Morgan fingerprint density at radius 3 is 2.11 bits per heavy atom. The molecule has 0 saturated carbocycles. The first-order valence-electron chi connectivity index (χ1n) is 8.66. The molecule has 6 nitrogen and oxygen atoms in total. The number of aromatic nitrogens is 2. The largest absolute Gasteiger partial charge is 0.382 e. The van der Waals surface area contributed by atoms with Crippen LogP contribution in [-0.2, 0) is 17.9 Å². The van der Waals surface area contributed by atoms with Gasteiger partial charge in [0.25, 0.3) is 0 Å². The first kappa shape index (κ1) is 19.4. The number of anilines is 1. The summed E-state index contributed by atoms with van der Waals surface area (Å²) in [5, 5.41) is 9.28. The fourth-order valence-electron chi connectivity index (χ4n) is 2.59. The minimum Gasteiger partial charge on any atom is -0.382 e. The van der Waals surface area contributed by atoms with Gasteiger partial charge in [-0.15, -0.1) is 0 Å². The fraction of sp³-hybridized carbons (Fsp3) is 0.143. The summed E-state index contributed by atoms with van der Waals surface area (Å²) in [5.41, 5.74) is 8.08. The molecule has 0 saturated heterocycles. The van der Waals surface area contributed by atoms with Crippen molar-refractivity contribution in [3.8, 4) is 6.07 Å². The second-order valence-corrected chi connectivity index (χ2v) is 7.02. The molecule has 1 amide bonds. The highest BCUT2D eigenvalue weighted by molar-refractivity contribution is 7.99. The number of nitriles is 1. The third-order valence-electron chi connectivity index (χ3n) is 4.03. The summed E-state index contributed by atoms with van der Waals surface area (Å²) in [6.07, 6.45) is 1.38. The maximum absolute atomic E-state index is 12.9. The van der Waals surface area contributed by atoms with Crippen molar-refractivity contribution in [3.63, 3.8) is 0 Å². The molecule has 0 fully saturated rings. The van der Waals surface area contributed by atoms with E-state index in [1.54, 1.807) is 0 Å². The molecule has 0 aliphatic carbocycles. The van der Waals surface area contributed by atoms with Crippen LogP contribution in [0.1, 0.15) is 16.7 Å². The van der Waals surface area contributed by atoms with Crippen molar-refractivity contribution in [2.75, 3.05) is 11.5 Å². The number of hydrogen-bond donors (Lipinski definition) is 1. The molecule has 3 rings (SSSR count). The molecule has 2 N–H and O–H groups in total. The highest BCUT2D eigenvalue weighted by Gasteiger charge is 2.16. The second kappa shape index (κ2) is 9.53. The number of benzene rings is 2. The smallest absolute Gasteiger partial charge is 0.233 e. The molecule has 0 atom stereocenters. The van der Waals surface area contributed by atoms with E-state index in [1.807, 2.05) is 71.6 Å². The Hall–Kier alpha value is -3.37. The molecular formula is C21H19N5OS. The zero-order valence-electron chi connectivity index (χ0n) is 15.2. The second-order valence-electron chi connectivity index (χ2n) is 6.07. The van der Waals surface area contributed by atoms with E-state index < -0.39 is 0 Å². The number of rotatable bonds is 7. The lowest BCUT2D eigenvalue weighted by molar-refractivity contribution is -0.129. The summed E-state index contributed by atoms with van der Waals surface area (Å²) in [6.45, 7) is 1.04. The van der Waals surface area contributed by atoms with Gasteiger partial charge in [-0.3, -0.25) is 4.79 Å². The van der Waals surface area contributed by atoms with Crippen molar-refractivity contribution in [1.29, 1.82) is 5.26 Å². The van der Waals surface area contributed by atoms with E-state index in [0.29, 0.717) is 18.2 Å². The van der Waals surface area contributed by atoms with Crippen LogP contribution in [0.15, 0.2) is 72.0 Å². The molecule has 7 heteroatoms. The van der Waals surface area contributed by atoms with E-state index in [4.69, 9.17) is 11.0 Å². The SMILES string of the molecule is N#Cc1cnc(SCC(=O)N(Cc2ccccc2)Cc2ccccc2)nc1N. The van der Waals surface area contributed by atoms with Gasteiger partial charge in [-0.25, -0.2) is 9.97 Å². The lowest BCUT2D eigenvalue weighted by Gasteiger charge is -2.23. The number of thioether (sulfide) groups is 1. The van der Waals surface area contributed by atoms with Gasteiger partial charge in [0.1, 0.15) is 17.5 Å². The van der Waals surface area contributed by atoms with Crippen LogP contribution in [0.2, 0.25) is 0 Å². The maximum atomic E-state index is 12.9. The molecule has 28 heavy (non-hydrogen) atoms. The van der Waals surface area contributed by atoms with Crippen LogP contribution in [0.3, 0.4) is 0 Å². The monoisotopic (exact) mass is 389 g/mol.